The van der Waals surface area contributed by atoms with Gasteiger partial charge in [-0.15, -0.1) is 6.58 Å². The van der Waals surface area contributed by atoms with Crippen molar-refractivity contribution < 1.29 is 14.3 Å². The largest absolute Gasteiger partial charge is 0.497 e. The minimum atomic E-state index is -0.238. The van der Waals surface area contributed by atoms with Crippen molar-refractivity contribution in [3.63, 3.8) is 0 Å². The Kier molecular flexibility index (Phi) is 6.56. The lowest BCUT2D eigenvalue weighted by Crippen LogP contribution is -2.23. The average Bonchev–Trinajstić information content (AvgIpc) is 2.74. The van der Waals surface area contributed by atoms with Crippen LogP contribution in [-0.2, 0) is 11.3 Å². The number of hydrogen-bond acceptors (Lipinski definition) is 6. The summed E-state index contributed by atoms with van der Waals surface area (Å²) in [5.41, 5.74) is 0.996. The minimum absolute atomic E-state index is 0.0848. The highest BCUT2D eigenvalue weighted by molar-refractivity contribution is 7.99. The molecule has 0 bridgehead atoms. The molecule has 150 valence electrons. The molecule has 7 nitrogen and oxygen atoms in total. The molecule has 8 heteroatoms. The molecule has 0 atom stereocenters. The number of benzene rings is 2. The van der Waals surface area contributed by atoms with Crippen molar-refractivity contribution in [1.82, 2.24) is 9.55 Å². The highest BCUT2D eigenvalue weighted by atomic mass is 32.2. The molecule has 0 spiro atoms. The predicted octanol–water partition coefficient (Wildman–Crippen LogP) is 3.33. The van der Waals surface area contributed by atoms with E-state index in [1.54, 1.807) is 56.7 Å². The van der Waals surface area contributed by atoms with Gasteiger partial charge in [-0.25, -0.2) is 4.98 Å². The van der Waals surface area contributed by atoms with Crippen LogP contribution in [0.3, 0.4) is 0 Å². The van der Waals surface area contributed by atoms with Gasteiger partial charge >= 0.3 is 0 Å². The third-order valence-electron chi connectivity index (χ3n) is 4.11. The van der Waals surface area contributed by atoms with Crippen molar-refractivity contribution in [3.8, 4) is 11.5 Å². The fourth-order valence-corrected chi connectivity index (χ4v) is 3.56. The Labute approximate surface area is 172 Å². The molecule has 0 aliphatic heterocycles. The Morgan fingerprint density at radius 3 is 2.55 bits per heavy atom. The van der Waals surface area contributed by atoms with E-state index in [9.17, 15) is 9.59 Å². The Hall–Kier alpha value is -3.26. The number of methoxy groups -OCH3 is 2. The summed E-state index contributed by atoms with van der Waals surface area (Å²) in [5, 5.41) is 3.81. The van der Waals surface area contributed by atoms with E-state index in [-0.39, 0.29) is 17.2 Å². The van der Waals surface area contributed by atoms with E-state index >= 15 is 0 Å². The first-order chi connectivity index (χ1) is 14.0. The number of allylic oxidation sites excluding steroid dienone is 1. The maximum atomic E-state index is 12.7. The molecule has 2 aromatic carbocycles. The summed E-state index contributed by atoms with van der Waals surface area (Å²) in [5.74, 6) is 0.992. The Balaban J connectivity index is 1.80. The number of nitrogens with zero attached hydrogens (tertiary/aromatic N) is 2. The van der Waals surface area contributed by atoms with Crippen LogP contribution in [-0.4, -0.2) is 35.4 Å². The van der Waals surface area contributed by atoms with E-state index in [0.717, 1.165) is 0 Å². The summed E-state index contributed by atoms with van der Waals surface area (Å²) >= 11 is 1.19. The van der Waals surface area contributed by atoms with E-state index in [0.29, 0.717) is 39.8 Å². The monoisotopic (exact) mass is 411 g/mol. The fraction of sp³-hybridized carbons (Fsp3) is 0.190. The first kappa shape index (κ1) is 20.5. The number of anilines is 1. The second-order valence-corrected chi connectivity index (χ2v) is 7.00. The number of nitrogens with one attached hydrogen (secondary N) is 1. The van der Waals surface area contributed by atoms with Gasteiger partial charge in [-0.3, -0.25) is 14.2 Å². The lowest BCUT2D eigenvalue weighted by atomic mass is 10.2. The van der Waals surface area contributed by atoms with Crippen molar-refractivity contribution in [2.24, 2.45) is 0 Å². The molecule has 0 saturated carbocycles. The molecular weight excluding hydrogens is 390 g/mol. The lowest BCUT2D eigenvalue weighted by Gasteiger charge is -2.12. The summed E-state index contributed by atoms with van der Waals surface area (Å²) in [4.78, 5) is 29.7. The van der Waals surface area contributed by atoms with E-state index in [1.165, 1.54) is 16.3 Å². The molecule has 0 unspecified atom stereocenters. The van der Waals surface area contributed by atoms with Crippen LogP contribution < -0.4 is 20.3 Å². The van der Waals surface area contributed by atoms with Crippen molar-refractivity contribution in [2.75, 3.05) is 25.3 Å². The quantitative estimate of drug-likeness (QED) is 0.348. The third-order valence-corrected chi connectivity index (χ3v) is 5.08. The van der Waals surface area contributed by atoms with E-state index in [1.807, 2.05) is 6.07 Å². The van der Waals surface area contributed by atoms with Crippen LogP contribution in [0.25, 0.3) is 10.9 Å². The average molecular weight is 411 g/mol. The van der Waals surface area contributed by atoms with Gasteiger partial charge < -0.3 is 14.8 Å². The van der Waals surface area contributed by atoms with Crippen LogP contribution in [0.15, 0.2) is 65.1 Å². The maximum absolute atomic E-state index is 12.7. The number of ether oxygens (including phenoxy) is 2. The molecule has 0 aliphatic rings. The van der Waals surface area contributed by atoms with Crippen LogP contribution >= 0.6 is 11.8 Å². The van der Waals surface area contributed by atoms with Crippen molar-refractivity contribution in [3.05, 3.63) is 65.5 Å². The van der Waals surface area contributed by atoms with Crippen LogP contribution in [0.4, 0.5) is 5.69 Å². The van der Waals surface area contributed by atoms with Crippen LogP contribution in [0.1, 0.15) is 0 Å². The molecule has 29 heavy (non-hydrogen) atoms. The van der Waals surface area contributed by atoms with Crippen LogP contribution in [0.2, 0.25) is 0 Å². The summed E-state index contributed by atoms with van der Waals surface area (Å²) in [6.45, 7) is 4.02. The second kappa shape index (κ2) is 9.29. The number of carbonyl (C=O) groups excluding carboxylic acids is 1. The van der Waals surface area contributed by atoms with Crippen molar-refractivity contribution in [2.45, 2.75) is 11.7 Å². The number of thioether (sulfide) groups is 1. The zero-order valence-electron chi connectivity index (χ0n) is 16.2. The molecule has 0 saturated heterocycles. The van der Waals surface area contributed by atoms with Gasteiger partial charge in [-0.2, -0.15) is 0 Å². The fourth-order valence-electron chi connectivity index (χ4n) is 2.75. The van der Waals surface area contributed by atoms with E-state index in [4.69, 9.17) is 9.47 Å². The van der Waals surface area contributed by atoms with Gasteiger partial charge in [0.25, 0.3) is 5.56 Å². The maximum Gasteiger partial charge on any atom is 0.262 e. The van der Waals surface area contributed by atoms with E-state index < -0.39 is 0 Å². The molecule has 0 fully saturated rings. The molecular formula is C21H21N3O4S. The highest BCUT2D eigenvalue weighted by Crippen LogP contribution is 2.26. The number of para-hydroxylation sites is 1. The van der Waals surface area contributed by atoms with Gasteiger partial charge in [0.15, 0.2) is 5.16 Å². The Morgan fingerprint density at radius 2 is 1.90 bits per heavy atom. The summed E-state index contributed by atoms with van der Waals surface area (Å²) in [7, 11) is 3.08. The summed E-state index contributed by atoms with van der Waals surface area (Å²) in [6, 6.07) is 12.3. The Morgan fingerprint density at radius 1 is 1.21 bits per heavy atom. The first-order valence-electron chi connectivity index (χ1n) is 8.82. The molecule has 0 radical (unpaired) electrons. The molecule has 1 heterocycles. The molecule has 1 aromatic heterocycles. The van der Waals surface area contributed by atoms with Gasteiger partial charge in [0.1, 0.15) is 11.5 Å². The van der Waals surface area contributed by atoms with Crippen molar-refractivity contribution >= 4 is 34.3 Å². The van der Waals surface area contributed by atoms with Crippen LogP contribution in [0.5, 0.6) is 11.5 Å². The highest BCUT2D eigenvalue weighted by Gasteiger charge is 2.13. The van der Waals surface area contributed by atoms with Crippen molar-refractivity contribution in [1.29, 1.82) is 0 Å². The first-order valence-corrected chi connectivity index (χ1v) is 9.80. The second-order valence-electron chi connectivity index (χ2n) is 6.05. The minimum Gasteiger partial charge on any atom is -0.497 e. The molecule has 3 rings (SSSR count). The topological polar surface area (TPSA) is 82.5 Å². The SMILES string of the molecule is C=CCn1c(SCC(=O)Nc2cc(OC)cc(OC)c2)nc2ccccc2c1=O. The zero-order chi connectivity index (χ0) is 20.8. The number of fused-ring (bicyclic) bond motifs is 1. The zero-order valence-corrected chi connectivity index (χ0v) is 17.0. The summed E-state index contributed by atoms with van der Waals surface area (Å²) < 4.78 is 11.9. The lowest BCUT2D eigenvalue weighted by molar-refractivity contribution is -0.113. The molecule has 0 aliphatic carbocycles. The molecule has 3 aromatic rings. The normalized spacial score (nSPS) is 10.6. The smallest absolute Gasteiger partial charge is 0.262 e. The van der Waals surface area contributed by atoms with Gasteiger partial charge in [-0.1, -0.05) is 30.0 Å². The molecule has 1 N–H and O–H groups in total. The number of rotatable bonds is 8. The number of hydrogen-bond donors (Lipinski definition) is 1. The Bertz CT molecular complexity index is 1090. The van der Waals surface area contributed by atoms with Crippen LogP contribution in [0, 0.1) is 0 Å². The standard InChI is InChI=1S/C21H21N3O4S/c1-4-9-24-20(26)17-7-5-6-8-18(17)23-21(24)29-13-19(25)22-14-10-15(27-2)12-16(11-14)28-3/h4-8,10-12H,1,9,13H2,2-3H3,(H,22,25). The van der Waals surface area contributed by atoms with Gasteiger partial charge in [0.05, 0.1) is 30.9 Å². The number of amides is 1. The van der Waals surface area contributed by atoms with E-state index in [2.05, 4.69) is 16.9 Å². The summed E-state index contributed by atoms with van der Waals surface area (Å²) in [6.07, 6.45) is 1.63. The predicted molar refractivity (Wildman–Crippen MR) is 115 cm³/mol. The van der Waals surface area contributed by atoms with Gasteiger partial charge in [0.2, 0.25) is 5.91 Å². The van der Waals surface area contributed by atoms with Gasteiger partial charge in [0, 0.05) is 30.4 Å². The van der Waals surface area contributed by atoms with Gasteiger partial charge in [-0.05, 0) is 12.1 Å². The third kappa shape index (κ3) is 4.78. The molecule has 1 amide bonds. The number of aromatic nitrogens is 2. The number of carbonyl (C=O) groups is 1.